The van der Waals surface area contributed by atoms with Crippen molar-refractivity contribution in [2.45, 2.75) is 485 Å². The highest BCUT2D eigenvalue weighted by Crippen LogP contribution is 2.31. The van der Waals surface area contributed by atoms with Gasteiger partial charge in [-0.1, -0.05) is 408 Å². The Morgan fingerprint density at radius 1 is 0.356 bits per heavy atom. The van der Waals surface area contributed by atoms with Gasteiger partial charge < -0.3 is 65.1 Å². The molecule has 2 rings (SSSR count). The minimum Gasteiger partial charge on any atom is -0.394 e. The molecule has 0 aliphatic carbocycles. The lowest BCUT2D eigenvalue weighted by molar-refractivity contribution is -0.359. The van der Waals surface area contributed by atoms with E-state index in [1.807, 2.05) is 0 Å². The van der Waals surface area contributed by atoms with Gasteiger partial charge in [0.25, 0.3) is 0 Å². The van der Waals surface area contributed by atoms with Crippen molar-refractivity contribution in [2.75, 3.05) is 19.8 Å². The van der Waals surface area contributed by atoms with Gasteiger partial charge in [-0.2, -0.15) is 0 Å². The van der Waals surface area contributed by atoms with Gasteiger partial charge in [0.1, 0.15) is 48.8 Å². The summed E-state index contributed by atoms with van der Waals surface area (Å²) in [7, 11) is 0. The second kappa shape index (κ2) is 73.5. The Hall–Kier alpha value is -2.31. The second-order valence-electron chi connectivity index (χ2n) is 31.4. The lowest BCUT2D eigenvalue weighted by Crippen LogP contribution is -2.65. The van der Waals surface area contributed by atoms with Gasteiger partial charge >= 0.3 is 0 Å². The lowest BCUT2D eigenvalue weighted by atomic mass is 9.97. The van der Waals surface area contributed by atoms with E-state index in [0.717, 1.165) is 83.5 Å². The third kappa shape index (κ3) is 55.1. The van der Waals surface area contributed by atoms with E-state index in [1.54, 1.807) is 0 Å². The summed E-state index contributed by atoms with van der Waals surface area (Å²) in [6.07, 6.45) is 84.3. The topological polar surface area (TPSA) is 228 Å². The van der Waals surface area contributed by atoms with Gasteiger partial charge in [-0.15, -0.1) is 0 Å². The Bertz CT molecular complexity index is 1980. The molecule has 610 valence electrons. The first-order chi connectivity index (χ1) is 51.1. The van der Waals surface area contributed by atoms with E-state index in [4.69, 9.17) is 18.9 Å². The molecule has 0 aromatic heterocycles. The standard InChI is InChI=1S/C90H167NO13/c1-3-5-7-9-11-13-15-17-19-21-23-25-27-29-31-33-35-37-38-39-40-42-44-46-48-50-52-54-56-58-60-62-64-66-68-70-72-74-82(95)91-78(77-101-89-87(100)85(98)88(81(76-93)103-89)104-90-86(99)84(97)83(96)80(75-92)102-90)79(94)73-71-69-67-65-63-61-59-57-55-53-51-49-47-45-43-41-36-34-32-30-28-26-24-22-20-18-16-14-12-10-8-6-4-2/h5,7,11,13,17,19,23,25,29,31,78-81,83-90,92-94,96-100H,3-4,6,8-10,12,14-16,18,20-22,24,26-28,30,32-77H2,1-2H3,(H,91,95)/b7-5-,13-11-,19-17-,25-23-,31-29-. The summed E-state index contributed by atoms with van der Waals surface area (Å²) in [5, 5.41) is 88.1. The number of unbranched alkanes of at least 4 members (excludes halogenated alkanes) is 53. The average Bonchev–Trinajstić information content (AvgIpc) is 0.790. The van der Waals surface area contributed by atoms with Crippen molar-refractivity contribution in [3.63, 3.8) is 0 Å². The highest BCUT2D eigenvalue weighted by atomic mass is 16.7. The van der Waals surface area contributed by atoms with Gasteiger partial charge in [-0.25, -0.2) is 0 Å². The number of amides is 1. The monoisotopic (exact) mass is 1470 g/mol. The molecule has 0 spiro atoms. The van der Waals surface area contributed by atoms with Gasteiger partial charge in [0.2, 0.25) is 5.91 Å². The molecule has 0 bridgehead atoms. The van der Waals surface area contributed by atoms with Gasteiger partial charge in [0.05, 0.1) is 32.0 Å². The minimum absolute atomic E-state index is 0.198. The van der Waals surface area contributed by atoms with Crippen molar-refractivity contribution in [1.82, 2.24) is 5.32 Å². The predicted molar refractivity (Wildman–Crippen MR) is 434 cm³/mol. The molecule has 0 aromatic carbocycles. The fourth-order valence-electron chi connectivity index (χ4n) is 14.8. The predicted octanol–water partition coefficient (Wildman–Crippen LogP) is 21.5. The number of allylic oxidation sites excluding steroid dienone is 10. The Labute approximate surface area is 638 Å². The van der Waals surface area contributed by atoms with Crippen molar-refractivity contribution in [3.8, 4) is 0 Å². The molecule has 9 N–H and O–H groups in total. The smallest absolute Gasteiger partial charge is 0.220 e. The summed E-state index contributed by atoms with van der Waals surface area (Å²) in [6, 6.07) is -0.831. The van der Waals surface area contributed by atoms with Crippen LogP contribution in [0.25, 0.3) is 0 Å². The van der Waals surface area contributed by atoms with Crippen LogP contribution in [-0.2, 0) is 23.7 Å². The molecule has 12 atom stereocenters. The third-order valence-electron chi connectivity index (χ3n) is 21.7. The summed E-state index contributed by atoms with van der Waals surface area (Å²) in [5.41, 5.74) is 0. The molecule has 2 aliphatic heterocycles. The van der Waals surface area contributed by atoms with E-state index in [-0.39, 0.29) is 12.5 Å². The number of hydrogen-bond donors (Lipinski definition) is 9. The highest BCUT2D eigenvalue weighted by molar-refractivity contribution is 5.76. The van der Waals surface area contributed by atoms with Gasteiger partial charge in [-0.3, -0.25) is 4.79 Å². The molecular formula is C90H167NO13. The van der Waals surface area contributed by atoms with E-state index < -0.39 is 86.8 Å². The summed E-state index contributed by atoms with van der Waals surface area (Å²) in [4.78, 5) is 13.4. The normalized spacial score (nSPS) is 21.7. The van der Waals surface area contributed by atoms with E-state index in [1.165, 1.54) is 302 Å². The van der Waals surface area contributed by atoms with Gasteiger partial charge in [-0.05, 0) is 57.8 Å². The number of hydrogen-bond acceptors (Lipinski definition) is 13. The Morgan fingerprint density at radius 3 is 1.02 bits per heavy atom. The maximum atomic E-state index is 13.4. The maximum absolute atomic E-state index is 13.4. The first-order valence-corrected chi connectivity index (χ1v) is 44.5. The number of carbonyl (C=O) groups excluding carboxylic acids is 1. The van der Waals surface area contributed by atoms with E-state index >= 15 is 0 Å². The van der Waals surface area contributed by atoms with Crippen LogP contribution in [0.15, 0.2) is 60.8 Å². The number of ether oxygens (including phenoxy) is 4. The number of aliphatic hydroxyl groups is 8. The lowest BCUT2D eigenvalue weighted by Gasteiger charge is -2.46. The fraction of sp³-hybridized carbons (Fsp3) is 0.878. The van der Waals surface area contributed by atoms with Crippen LogP contribution in [0.4, 0.5) is 0 Å². The second-order valence-corrected chi connectivity index (χ2v) is 31.4. The summed E-state index contributed by atoms with van der Waals surface area (Å²) >= 11 is 0. The maximum Gasteiger partial charge on any atom is 0.220 e. The van der Waals surface area contributed by atoms with Crippen LogP contribution in [-0.4, -0.2) is 140 Å². The Kier molecular flexibility index (Phi) is 69.1. The van der Waals surface area contributed by atoms with Crippen molar-refractivity contribution in [2.24, 2.45) is 0 Å². The van der Waals surface area contributed by atoms with Crippen molar-refractivity contribution < 1.29 is 64.6 Å². The molecule has 0 saturated carbocycles. The molecule has 104 heavy (non-hydrogen) atoms. The molecule has 1 amide bonds. The molecule has 12 unspecified atom stereocenters. The zero-order valence-corrected chi connectivity index (χ0v) is 67.3. The van der Waals surface area contributed by atoms with Crippen LogP contribution in [0, 0.1) is 0 Å². The molecule has 0 radical (unpaired) electrons. The van der Waals surface area contributed by atoms with Crippen LogP contribution in [0.3, 0.4) is 0 Å². The van der Waals surface area contributed by atoms with Gasteiger partial charge in [0.15, 0.2) is 12.6 Å². The van der Waals surface area contributed by atoms with Crippen LogP contribution >= 0.6 is 0 Å². The van der Waals surface area contributed by atoms with Crippen molar-refractivity contribution in [1.29, 1.82) is 0 Å². The fourth-order valence-corrected chi connectivity index (χ4v) is 14.8. The number of nitrogens with one attached hydrogen (secondary N) is 1. The molecule has 2 fully saturated rings. The van der Waals surface area contributed by atoms with Crippen LogP contribution in [0.2, 0.25) is 0 Å². The molecule has 2 heterocycles. The molecule has 0 aromatic rings. The number of aliphatic hydroxyl groups excluding tert-OH is 8. The summed E-state index contributed by atoms with van der Waals surface area (Å²) in [6.45, 7) is 2.82. The van der Waals surface area contributed by atoms with E-state index in [0.29, 0.717) is 12.8 Å². The summed E-state index contributed by atoms with van der Waals surface area (Å²) < 4.78 is 23.0. The Morgan fingerprint density at radius 2 is 0.663 bits per heavy atom. The largest absolute Gasteiger partial charge is 0.394 e. The van der Waals surface area contributed by atoms with Crippen LogP contribution in [0.5, 0.6) is 0 Å². The SMILES string of the molecule is CC/C=C\C/C=C\C/C=C\C/C=C\C/C=C\CCCCCCCCCCCCCCCCCCCCCCCC(=O)NC(COC1OC(CO)C(OC2OC(CO)C(O)C(O)C2O)C(O)C1O)C(O)CCCCCCCCCCCCCCCCCCCCCCCCCCCCCCCCCCC. The summed E-state index contributed by atoms with van der Waals surface area (Å²) in [5.74, 6) is -0.198. The van der Waals surface area contributed by atoms with Crippen LogP contribution in [0.1, 0.15) is 412 Å². The molecule has 2 saturated heterocycles. The molecular weight excluding hydrogens is 1300 g/mol. The molecule has 2 aliphatic rings. The molecule has 14 nitrogen and oxygen atoms in total. The Balaban J connectivity index is 1.56. The zero-order chi connectivity index (χ0) is 75.1. The van der Waals surface area contributed by atoms with Crippen molar-refractivity contribution in [3.05, 3.63) is 60.8 Å². The minimum atomic E-state index is -1.78. The first kappa shape index (κ1) is 97.8. The quantitative estimate of drug-likeness (QED) is 0.0204. The highest BCUT2D eigenvalue weighted by Gasteiger charge is 2.51. The van der Waals surface area contributed by atoms with Gasteiger partial charge in [0, 0.05) is 6.42 Å². The van der Waals surface area contributed by atoms with Crippen molar-refractivity contribution >= 4 is 5.91 Å². The van der Waals surface area contributed by atoms with E-state index in [9.17, 15) is 45.6 Å². The zero-order valence-electron chi connectivity index (χ0n) is 67.3. The first-order valence-electron chi connectivity index (χ1n) is 44.5. The van der Waals surface area contributed by atoms with E-state index in [2.05, 4.69) is 79.9 Å². The molecule has 14 heteroatoms. The third-order valence-corrected chi connectivity index (χ3v) is 21.7. The number of carbonyl (C=O) groups is 1. The van der Waals surface area contributed by atoms with Crippen LogP contribution < -0.4 is 5.32 Å². The number of rotatable bonds is 76. The average molecular weight is 1470 g/mol.